The van der Waals surface area contributed by atoms with Gasteiger partial charge in [-0.15, -0.1) is 6.58 Å². The van der Waals surface area contributed by atoms with Crippen LogP contribution in [-0.4, -0.2) is 18.1 Å². The number of hydrogen-bond donors (Lipinski definition) is 1. The summed E-state index contributed by atoms with van der Waals surface area (Å²) in [6, 6.07) is 0. The van der Waals surface area contributed by atoms with Crippen LogP contribution in [0.25, 0.3) is 0 Å². The fourth-order valence-electron chi connectivity index (χ4n) is 0.774. The van der Waals surface area contributed by atoms with E-state index < -0.39 is 0 Å². The van der Waals surface area contributed by atoms with E-state index in [0.717, 1.165) is 18.5 Å². The molecule has 0 radical (unpaired) electrons. The van der Waals surface area contributed by atoms with Gasteiger partial charge in [0.1, 0.15) is 0 Å². The highest BCUT2D eigenvalue weighted by Gasteiger charge is 2.04. The Morgan fingerprint density at radius 1 is 0.938 bits per heavy atom. The highest BCUT2D eigenvalue weighted by atomic mass is 16.1. The number of ketones is 2. The van der Waals surface area contributed by atoms with Gasteiger partial charge in [-0.3, -0.25) is 9.59 Å². The molecule has 0 aromatic carbocycles. The van der Waals surface area contributed by atoms with Crippen LogP contribution < -0.4 is 5.73 Å². The van der Waals surface area contributed by atoms with E-state index in [1.165, 1.54) is 13.8 Å². The zero-order valence-electron chi connectivity index (χ0n) is 11.0. The highest BCUT2D eigenvalue weighted by molar-refractivity contribution is 6.03. The lowest BCUT2D eigenvalue weighted by molar-refractivity contribution is -0.116. The van der Waals surface area contributed by atoms with E-state index >= 15 is 0 Å². The third-order valence-electron chi connectivity index (χ3n) is 2.19. The minimum Gasteiger partial charge on any atom is -0.330 e. The van der Waals surface area contributed by atoms with Gasteiger partial charge in [-0.05, 0) is 58.7 Å². The van der Waals surface area contributed by atoms with Crippen molar-refractivity contribution in [2.24, 2.45) is 5.73 Å². The Morgan fingerprint density at radius 3 is 1.31 bits per heavy atom. The van der Waals surface area contributed by atoms with Crippen LogP contribution >= 0.6 is 0 Å². The molecule has 0 aromatic heterocycles. The first-order valence-corrected chi connectivity index (χ1v) is 5.27. The molecular weight excluding hydrogens is 202 g/mol. The maximum Gasteiger partial charge on any atom is 0.155 e. The van der Waals surface area contributed by atoms with Crippen molar-refractivity contribution in [1.29, 1.82) is 0 Å². The van der Waals surface area contributed by atoms with Crippen molar-refractivity contribution >= 4 is 11.6 Å². The lowest BCUT2D eigenvalue weighted by atomic mass is 10.1. The fourth-order valence-corrected chi connectivity index (χ4v) is 0.774. The van der Waals surface area contributed by atoms with Crippen LogP contribution in [0.2, 0.25) is 0 Å². The third-order valence-corrected chi connectivity index (χ3v) is 2.19. The van der Waals surface area contributed by atoms with Gasteiger partial charge in [-0.25, -0.2) is 0 Å². The summed E-state index contributed by atoms with van der Waals surface area (Å²) in [5, 5.41) is 0. The number of hydrogen-bond acceptors (Lipinski definition) is 3. The first-order valence-electron chi connectivity index (χ1n) is 5.27. The zero-order chi connectivity index (χ0) is 13.3. The predicted molar refractivity (Wildman–Crippen MR) is 68.2 cm³/mol. The smallest absolute Gasteiger partial charge is 0.155 e. The Balaban J connectivity index is 0. The molecule has 0 atom stereocenters. The van der Waals surface area contributed by atoms with Gasteiger partial charge >= 0.3 is 0 Å². The maximum absolute atomic E-state index is 10.7. The molecule has 0 spiro atoms. The van der Waals surface area contributed by atoms with Crippen LogP contribution in [0.1, 0.15) is 41.0 Å². The molecule has 3 heteroatoms. The molecule has 0 bridgehead atoms. The normalized spacial score (nSPS) is 10.9. The predicted octanol–water partition coefficient (Wildman–Crippen LogP) is 2.41. The number of Topliss-reactive ketones (excluding diaryl/α,β-unsaturated/α-hetero) is 2. The fraction of sp³-hybridized carbons (Fsp3) is 0.538. The van der Waals surface area contributed by atoms with Crippen molar-refractivity contribution in [2.45, 2.75) is 41.0 Å². The molecule has 0 saturated heterocycles. The quantitative estimate of drug-likeness (QED) is 0.590. The van der Waals surface area contributed by atoms with Crippen LogP contribution in [0.15, 0.2) is 23.3 Å². The zero-order valence-corrected chi connectivity index (χ0v) is 11.0. The van der Waals surface area contributed by atoms with E-state index in [9.17, 15) is 9.59 Å². The maximum atomic E-state index is 10.7. The summed E-state index contributed by atoms with van der Waals surface area (Å²) in [4.78, 5) is 21.4. The van der Waals surface area contributed by atoms with Gasteiger partial charge < -0.3 is 5.73 Å². The molecule has 0 heterocycles. The van der Waals surface area contributed by atoms with E-state index in [2.05, 4.69) is 6.58 Å². The van der Waals surface area contributed by atoms with Gasteiger partial charge in [0.05, 0.1) is 0 Å². The largest absolute Gasteiger partial charge is 0.330 e. The molecule has 2 N–H and O–H groups in total. The SMILES string of the molecule is C=C(C)CCN.CC(=O)/C(C)=C(/C)C(C)=O. The molecule has 0 aliphatic heterocycles. The summed E-state index contributed by atoms with van der Waals surface area (Å²) < 4.78 is 0. The monoisotopic (exact) mass is 225 g/mol. The van der Waals surface area contributed by atoms with Crippen LogP contribution in [0.4, 0.5) is 0 Å². The molecule has 0 fully saturated rings. The second-order valence-electron chi connectivity index (χ2n) is 3.86. The van der Waals surface area contributed by atoms with E-state index in [4.69, 9.17) is 5.73 Å². The lowest BCUT2D eigenvalue weighted by Gasteiger charge is -1.98. The van der Waals surface area contributed by atoms with Crippen molar-refractivity contribution in [2.75, 3.05) is 6.54 Å². The summed E-state index contributed by atoms with van der Waals surface area (Å²) in [6.45, 7) is 12.6. The van der Waals surface area contributed by atoms with Crippen molar-refractivity contribution < 1.29 is 9.59 Å². The van der Waals surface area contributed by atoms with Crippen molar-refractivity contribution in [3.05, 3.63) is 23.3 Å². The van der Waals surface area contributed by atoms with Crippen LogP contribution in [-0.2, 0) is 9.59 Å². The topological polar surface area (TPSA) is 60.2 Å². The molecule has 16 heavy (non-hydrogen) atoms. The Kier molecular flexibility index (Phi) is 9.71. The Labute approximate surface area is 98.4 Å². The Bertz CT molecular complexity index is 279. The van der Waals surface area contributed by atoms with Gasteiger partial charge in [0, 0.05) is 0 Å². The summed E-state index contributed by atoms with van der Waals surface area (Å²) >= 11 is 0. The Hall–Kier alpha value is -1.22. The summed E-state index contributed by atoms with van der Waals surface area (Å²) in [7, 11) is 0. The third kappa shape index (κ3) is 9.34. The second kappa shape index (κ2) is 9.04. The number of carbonyl (C=O) groups is 2. The minimum atomic E-state index is -0.0345. The average Bonchev–Trinajstić information content (AvgIpc) is 2.15. The van der Waals surface area contributed by atoms with E-state index in [0.29, 0.717) is 11.1 Å². The molecular formula is C13H23NO2. The molecule has 92 valence electrons. The van der Waals surface area contributed by atoms with Gasteiger partial charge in [-0.2, -0.15) is 0 Å². The number of allylic oxidation sites excluding steroid dienone is 2. The standard InChI is InChI=1S/C8H12O2.C5H11N/c1-5(7(3)9)6(2)8(4)10;1-5(2)3-4-6/h1-4H3;1,3-4,6H2,2H3/b6-5-;. The number of rotatable bonds is 4. The first kappa shape index (κ1) is 17.2. The minimum absolute atomic E-state index is 0.0345. The van der Waals surface area contributed by atoms with E-state index in [1.807, 2.05) is 6.92 Å². The number of carbonyl (C=O) groups excluding carboxylic acids is 2. The highest BCUT2D eigenvalue weighted by Crippen LogP contribution is 2.04. The van der Waals surface area contributed by atoms with Gasteiger partial charge in [0.25, 0.3) is 0 Å². The Morgan fingerprint density at radius 2 is 1.25 bits per heavy atom. The molecule has 0 aliphatic rings. The molecule has 3 nitrogen and oxygen atoms in total. The summed E-state index contributed by atoms with van der Waals surface area (Å²) in [5.74, 6) is -0.0691. The van der Waals surface area contributed by atoms with Gasteiger partial charge in [0.15, 0.2) is 11.6 Å². The number of nitrogens with two attached hydrogens (primary N) is 1. The molecule has 0 saturated carbocycles. The summed E-state index contributed by atoms with van der Waals surface area (Å²) in [6.07, 6.45) is 0.958. The second-order valence-corrected chi connectivity index (χ2v) is 3.86. The van der Waals surface area contributed by atoms with Crippen molar-refractivity contribution in [3.63, 3.8) is 0 Å². The van der Waals surface area contributed by atoms with Crippen LogP contribution in [0.3, 0.4) is 0 Å². The molecule has 0 rings (SSSR count). The van der Waals surface area contributed by atoms with Gasteiger partial charge in [-0.1, -0.05) is 5.57 Å². The molecule has 0 amide bonds. The first-order chi connectivity index (χ1) is 7.23. The van der Waals surface area contributed by atoms with Crippen LogP contribution in [0.5, 0.6) is 0 Å². The van der Waals surface area contributed by atoms with Gasteiger partial charge in [0.2, 0.25) is 0 Å². The van der Waals surface area contributed by atoms with Crippen LogP contribution in [0, 0.1) is 0 Å². The molecule has 0 aromatic rings. The average molecular weight is 225 g/mol. The van der Waals surface area contributed by atoms with E-state index in [-0.39, 0.29) is 11.6 Å². The van der Waals surface area contributed by atoms with E-state index in [1.54, 1.807) is 13.8 Å². The lowest BCUT2D eigenvalue weighted by Crippen LogP contribution is -2.01. The molecule has 0 aliphatic carbocycles. The summed E-state index contributed by atoms with van der Waals surface area (Å²) in [5.41, 5.74) is 7.46. The van der Waals surface area contributed by atoms with Crippen molar-refractivity contribution in [3.8, 4) is 0 Å². The van der Waals surface area contributed by atoms with Crippen molar-refractivity contribution in [1.82, 2.24) is 0 Å². The molecule has 0 unspecified atom stereocenters.